The van der Waals surface area contributed by atoms with Crippen LogP contribution in [-0.4, -0.2) is 4.57 Å². The molecule has 53 heavy (non-hydrogen) atoms. The van der Waals surface area contributed by atoms with Crippen LogP contribution in [0.15, 0.2) is 199 Å². The van der Waals surface area contributed by atoms with Crippen LogP contribution >= 0.6 is 0 Å². The molecule has 2 heterocycles. The van der Waals surface area contributed by atoms with E-state index in [2.05, 4.69) is 204 Å². The summed E-state index contributed by atoms with van der Waals surface area (Å²) in [5.74, 6) is 0. The smallest absolute Gasteiger partial charge is 0.159 e. The second kappa shape index (κ2) is 11.7. The van der Waals surface area contributed by atoms with E-state index in [9.17, 15) is 0 Å². The highest BCUT2D eigenvalue weighted by Crippen LogP contribution is 2.45. The quantitative estimate of drug-likeness (QED) is 0.181. The van der Waals surface area contributed by atoms with Crippen molar-refractivity contribution in [2.45, 2.75) is 0 Å². The van der Waals surface area contributed by atoms with Crippen LogP contribution in [0, 0.1) is 0 Å². The molecule has 0 spiro atoms. The Hall–Kier alpha value is -7.10. The number of hydrogen-bond acceptors (Lipinski definition) is 2. The Labute approximate surface area is 306 Å². The van der Waals surface area contributed by atoms with Crippen LogP contribution in [0.2, 0.25) is 0 Å². The average Bonchev–Trinajstić information content (AvgIpc) is 3.78. The molecule has 0 aliphatic rings. The number of rotatable bonds is 5. The Morgan fingerprint density at radius 1 is 0.377 bits per heavy atom. The lowest BCUT2D eigenvalue weighted by Crippen LogP contribution is -2.10. The minimum Gasteiger partial charge on any atom is -0.453 e. The lowest BCUT2D eigenvalue weighted by Gasteiger charge is -2.25. The summed E-state index contributed by atoms with van der Waals surface area (Å²) in [5, 5.41) is 9.46. The number of para-hydroxylation sites is 2. The van der Waals surface area contributed by atoms with Crippen LogP contribution in [0.3, 0.4) is 0 Å². The molecule has 0 atom stereocenters. The van der Waals surface area contributed by atoms with Gasteiger partial charge in [0.15, 0.2) is 5.58 Å². The van der Waals surface area contributed by atoms with E-state index in [1.54, 1.807) is 0 Å². The van der Waals surface area contributed by atoms with Crippen molar-refractivity contribution in [2.24, 2.45) is 0 Å². The van der Waals surface area contributed by atoms with E-state index in [0.29, 0.717) is 0 Å². The predicted octanol–water partition coefficient (Wildman–Crippen LogP) is 14.1. The summed E-state index contributed by atoms with van der Waals surface area (Å²) >= 11 is 0. The van der Waals surface area contributed by atoms with Crippen molar-refractivity contribution < 1.29 is 4.42 Å². The number of furan rings is 1. The Balaban J connectivity index is 1.20. The fourth-order valence-corrected chi connectivity index (χ4v) is 8.34. The second-order valence-electron chi connectivity index (χ2n) is 13.7. The van der Waals surface area contributed by atoms with Gasteiger partial charge in [-0.15, -0.1) is 0 Å². The fourth-order valence-electron chi connectivity index (χ4n) is 8.34. The van der Waals surface area contributed by atoms with Crippen molar-refractivity contribution in [1.82, 2.24) is 4.57 Å². The summed E-state index contributed by atoms with van der Waals surface area (Å²) in [4.78, 5) is 2.34. The van der Waals surface area contributed by atoms with Crippen LogP contribution in [-0.2, 0) is 0 Å². The van der Waals surface area contributed by atoms with Gasteiger partial charge in [0.05, 0.1) is 16.7 Å². The molecule has 0 saturated heterocycles. The molecule has 9 aromatic carbocycles. The molecular formula is C50H32N2O. The Bertz CT molecular complexity index is 3170. The van der Waals surface area contributed by atoms with Crippen molar-refractivity contribution in [2.75, 3.05) is 4.90 Å². The van der Waals surface area contributed by atoms with Crippen LogP contribution in [0.1, 0.15) is 0 Å². The molecule has 3 heteroatoms. The molecule has 0 aliphatic heterocycles. The molecule has 0 aliphatic carbocycles. The zero-order chi connectivity index (χ0) is 34.9. The summed E-state index contributed by atoms with van der Waals surface area (Å²) in [6.45, 7) is 0. The Morgan fingerprint density at radius 3 is 1.87 bits per heavy atom. The zero-order valence-corrected chi connectivity index (χ0v) is 28.8. The highest BCUT2D eigenvalue weighted by Gasteiger charge is 2.22. The Kier molecular flexibility index (Phi) is 6.55. The number of benzene rings is 9. The third-order valence-corrected chi connectivity index (χ3v) is 10.7. The highest BCUT2D eigenvalue weighted by atomic mass is 16.3. The maximum absolute atomic E-state index is 6.91. The first-order valence-electron chi connectivity index (χ1n) is 18.1. The first-order valence-corrected chi connectivity index (χ1v) is 18.1. The van der Waals surface area contributed by atoms with Crippen molar-refractivity contribution in [3.8, 4) is 16.8 Å². The van der Waals surface area contributed by atoms with Gasteiger partial charge in [0.2, 0.25) is 0 Å². The van der Waals surface area contributed by atoms with Crippen LogP contribution in [0.4, 0.5) is 17.1 Å². The van der Waals surface area contributed by atoms with Crippen molar-refractivity contribution >= 4 is 82.4 Å². The fraction of sp³-hybridized carbons (Fsp3) is 0. The van der Waals surface area contributed by atoms with Gasteiger partial charge >= 0.3 is 0 Å². The molecular weight excluding hydrogens is 645 g/mol. The van der Waals surface area contributed by atoms with Gasteiger partial charge < -0.3 is 13.9 Å². The largest absolute Gasteiger partial charge is 0.453 e. The monoisotopic (exact) mass is 676 g/mol. The predicted molar refractivity (Wildman–Crippen MR) is 223 cm³/mol. The van der Waals surface area contributed by atoms with Gasteiger partial charge in [-0.2, -0.15) is 0 Å². The summed E-state index contributed by atoms with van der Waals surface area (Å²) in [5.41, 5.74) is 10.7. The van der Waals surface area contributed by atoms with E-state index in [-0.39, 0.29) is 0 Å². The van der Waals surface area contributed by atoms with Gasteiger partial charge in [-0.25, -0.2) is 0 Å². The van der Waals surface area contributed by atoms with E-state index in [1.165, 1.54) is 43.6 Å². The Morgan fingerprint density at radius 2 is 1.02 bits per heavy atom. The molecule has 0 saturated carbocycles. The molecule has 11 rings (SSSR count). The maximum Gasteiger partial charge on any atom is 0.159 e. The molecule has 0 radical (unpaired) electrons. The first-order chi connectivity index (χ1) is 26.3. The van der Waals surface area contributed by atoms with E-state index >= 15 is 0 Å². The molecule has 2 aromatic heterocycles. The number of hydrogen-bond donors (Lipinski definition) is 0. The molecule has 0 unspecified atom stereocenters. The summed E-state index contributed by atoms with van der Waals surface area (Å²) < 4.78 is 9.34. The first kappa shape index (κ1) is 29.6. The van der Waals surface area contributed by atoms with Crippen LogP contribution < -0.4 is 4.90 Å². The third kappa shape index (κ3) is 4.61. The number of nitrogens with zero attached hydrogens (tertiary/aromatic N) is 2. The molecule has 11 aromatic rings. The summed E-state index contributed by atoms with van der Waals surface area (Å²) in [6, 6.07) is 69.6. The van der Waals surface area contributed by atoms with Gasteiger partial charge in [-0.3, -0.25) is 0 Å². The topological polar surface area (TPSA) is 21.3 Å². The normalized spacial score (nSPS) is 11.8. The number of anilines is 3. The summed E-state index contributed by atoms with van der Waals surface area (Å²) in [7, 11) is 0. The number of aromatic nitrogens is 1. The molecule has 0 amide bonds. The van der Waals surface area contributed by atoms with Crippen LogP contribution in [0.25, 0.3) is 82.1 Å². The summed E-state index contributed by atoms with van der Waals surface area (Å²) in [6.07, 6.45) is 0. The SMILES string of the molecule is c1ccc(-c2cccc(-n3c4cc(N(c5ccccc5)c5cccc6c5oc5c7ccccc7ccc65)ccc4c4c5ccccc5ccc43)c2)cc1. The average molecular weight is 677 g/mol. The highest BCUT2D eigenvalue weighted by molar-refractivity contribution is 6.22. The van der Waals surface area contributed by atoms with Gasteiger partial charge in [-0.1, -0.05) is 140 Å². The number of fused-ring (bicyclic) bond motifs is 10. The van der Waals surface area contributed by atoms with Crippen molar-refractivity contribution in [1.29, 1.82) is 0 Å². The molecule has 0 N–H and O–H groups in total. The standard InChI is InChI=1S/C50H32N2O/c1-3-13-33(14-4-1)36-17-11-20-38(31-36)52-45-30-26-34-15-7-9-21-40(34)48(45)44-29-27-39(32-47(44)52)51(37-18-5-2-6-19-37)46-24-12-23-42-43-28-25-35-16-8-10-22-41(35)49(43)53-50(42)46/h1-32H. The van der Waals surface area contributed by atoms with E-state index in [1.807, 2.05) is 0 Å². The van der Waals surface area contributed by atoms with Gasteiger partial charge in [0.1, 0.15) is 5.58 Å². The van der Waals surface area contributed by atoms with E-state index in [0.717, 1.165) is 55.6 Å². The molecule has 3 nitrogen and oxygen atoms in total. The van der Waals surface area contributed by atoms with E-state index in [4.69, 9.17) is 4.42 Å². The minimum absolute atomic E-state index is 0.866. The zero-order valence-electron chi connectivity index (χ0n) is 28.8. The van der Waals surface area contributed by atoms with E-state index < -0.39 is 0 Å². The van der Waals surface area contributed by atoms with Gasteiger partial charge in [0.25, 0.3) is 0 Å². The van der Waals surface area contributed by atoms with Crippen molar-refractivity contribution in [3.05, 3.63) is 194 Å². The lowest BCUT2D eigenvalue weighted by atomic mass is 10.0. The molecule has 248 valence electrons. The maximum atomic E-state index is 6.91. The second-order valence-corrected chi connectivity index (χ2v) is 13.7. The molecule has 0 bridgehead atoms. The minimum atomic E-state index is 0.866. The van der Waals surface area contributed by atoms with Gasteiger partial charge in [0, 0.05) is 44.0 Å². The van der Waals surface area contributed by atoms with Gasteiger partial charge in [-0.05, 0) is 81.9 Å². The van der Waals surface area contributed by atoms with Crippen molar-refractivity contribution in [3.63, 3.8) is 0 Å². The lowest BCUT2D eigenvalue weighted by molar-refractivity contribution is 0.673. The molecule has 0 fully saturated rings. The third-order valence-electron chi connectivity index (χ3n) is 10.7. The van der Waals surface area contributed by atoms with Crippen LogP contribution in [0.5, 0.6) is 0 Å².